The molecule has 0 aliphatic heterocycles. The summed E-state index contributed by atoms with van der Waals surface area (Å²) in [5.74, 6) is 1.80. The Kier molecular flexibility index (Phi) is 12.6. The predicted octanol–water partition coefficient (Wildman–Crippen LogP) is 5.79. The molecule has 4 rings (SSSR count). The van der Waals surface area contributed by atoms with Crippen LogP contribution < -0.4 is 21.3 Å². The number of nitrogens with one attached hydrogen (secondary N) is 4. The first-order chi connectivity index (χ1) is 18.0. The average Bonchev–Trinajstić information content (AvgIpc) is 2.93. The summed E-state index contributed by atoms with van der Waals surface area (Å²) in [6.45, 7) is 7.57. The fourth-order valence-electron chi connectivity index (χ4n) is 5.35. The molecule has 4 N–H and O–H groups in total. The van der Waals surface area contributed by atoms with Crippen LogP contribution in [0.25, 0.3) is 0 Å². The molecular formula is C32H50N4O. The largest absolute Gasteiger partial charge is 0.355 e. The Morgan fingerprint density at radius 2 is 1.00 bits per heavy atom. The topological polar surface area (TPSA) is 65.2 Å². The van der Waals surface area contributed by atoms with Crippen molar-refractivity contribution in [2.45, 2.75) is 96.9 Å². The van der Waals surface area contributed by atoms with Gasteiger partial charge in [-0.25, -0.2) is 0 Å². The molecule has 2 aromatic rings. The maximum atomic E-state index is 11.4. The minimum atomic E-state index is -0.0271. The molecule has 0 heterocycles. The molecule has 0 saturated heterocycles. The third-order valence-corrected chi connectivity index (χ3v) is 8.07. The normalized spacial score (nSPS) is 23.6. The van der Waals surface area contributed by atoms with E-state index in [1.165, 1.54) is 68.1 Å². The van der Waals surface area contributed by atoms with E-state index in [2.05, 4.69) is 59.4 Å². The van der Waals surface area contributed by atoms with Gasteiger partial charge in [-0.15, -0.1) is 0 Å². The van der Waals surface area contributed by atoms with Gasteiger partial charge in [0.1, 0.15) is 0 Å². The van der Waals surface area contributed by atoms with Crippen LogP contribution in [-0.2, 0) is 19.6 Å². The van der Waals surface area contributed by atoms with Crippen LogP contribution in [0.1, 0.15) is 92.3 Å². The van der Waals surface area contributed by atoms with Crippen LogP contribution in [0, 0.1) is 11.8 Å². The van der Waals surface area contributed by atoms with E-state index >= 15 is 0 Å². The number of carbonyl (C=O) groups is 1. The van der Waals surface area contributed by atoms with Gasteiger partial charge < -0.3 is 21.3 Å². The number of rotatable bonds is 9. The van der Waals surface area contributed by atoms with Gasteiger partial charge in [0.2, 0.25) is 0 Å². The van der Waals surface area contributed by atoms with Crippen molar-refractivity contribution in [3.8, 4) is 0 Å². The van der Waals surface area contributed by atoms with E-state index in [9.17, 15) is 4.79 Å². The highest BCUT2D eigenvalue weighted by molar-refractivity contribution is 5.93. The SMILES string of the molecule is CNC(=O)c1ccc(CNC2CCC(C)CC2)cc1.CNCc1ccc(CNC2CCC(C)CC2)cc1. The molecular weight excluding hydrogens is 456 g/mol. The van der Waals surface area contributed by atoms with Gasteiger partial charge in [0, 0.05) is 44.3 Å². The monoisotopic (exact) mass is 506 g/mol. The lowest BCUT2D eigenvalue weighted by Crippen LogP contribution is -2.32. The molecule has 0 spiro atoms. The van der Waals surface area contributed by atoms with Gasteiger partial charge in [0.25, 0.3) is 5.91 Å². The smallest absolute Gasteiger partial charge is 0.251 e. The summed E-state index contributed by atoms with van der Waals surface area (Å²) in [6, 6.07) is 18.2. The van der Waals surface area contributed by atoms with Crippen molar-refractivity contribution in [1.82, 2.24) is 21.3 Å². The Balaban J connectivity index is 0.000000206. The summed E-state index contributed by atoms with van der Waals surface area (Å²) >= 11 is 0. The first-order valence-corrected chi connectivity index (χ1v) is 14.5. The van der Waals surface area contributed by atoms with Gasteiger partial charge in [-0.1, -0.05) is 50.2 Å². The van der Waals surface area contributed by atoms with Gasteiger partial charge >= 0.3 is 0 Å². The Bertz CT molecular complexity index is 895. The van der Waals surface area contributed by atoms with Gasteiger partial charge in [0.05, 0.1) is 0 Å². The fourth-order valence-corrected chi connectivity index (χ4v) is 5.35. The number of carbonyl (C=O) groups excluding carboxylic acids is 1. The van der Waals surface area contributed by atoms with E-state index in [1.807, 2.05) is 31.3 Å². The second kappa shape index (κ2) is 15.9. The molecule has 0 unspecified atom stereocenters. The maximum Gasteiger partial charge on any atom is 0.251 e. The number of amides is 1. The van der Waals surface area contributed by atoms with E-state index in [0.29, 0.717) is 6.04 Å². The minimum absolute atomic E-state index is 0.0271. The van der Waals surface area contributed by atoms with E-state index in [-0.39, 0.29) is 5.91 Å². The maximum absolute atomic E-state index is 11.4. The lowest BCUT2D eigenvalue weighted by molar-refractivity contribution is 0.0963. The summed E-state index contributed by atoms with van der Waals surface area (Å²) in [4.78, 5) is 11.4. The summed E-state index contributed by atoms with van der Waals surface area (Å²) in [7, 11) is 3.64. The minimum Gasteiger partial charge on any atom is -0.355 e. The average molecular weight is 507 g/mol. The first kappa shape index (κ1) is 29.3. The van der Waals surface area contributed by atoms with Crippen molar-refractivity contribution < 1.29 is 4.79 Å². The zero-order chi connectivity index (χ0) is 26.5. The van der Waals surface area contributed by atoms with Crippen molar-refractivity contribution in [3.05, 3.63) is 70.8 Å². The fraction of sp³-hybridized carbons (Fsp3) is 0.594. The van der Waals surface area contributed by atoms with Crippen molar-refractivity contribution in [3.63, 3.8) is 0 Å². The van der Waals surface area contributed by atoms with Crippen molar-refractivity contribution in [2.75, 3.05) is 14.1 Å². The molecule has 1 amide bonds. The summed E-state index contributed by atoms with van der Waals surface area (Å²) in [5, 5.41) is 13.1. The highest BCUT2D eigenvalue weighted by Gasteiger charge is 2.18. The second-order valence-corrected chi connectivity index (χ2v) is 11.3. The highest BCUT2D eigenvalue weighted by Crippen LogP contribution is 2.24. The summed E-state index contributed by atoms with van der Waals surface area (Å²) in [5.41, 5.74) is 4.71. The molecule has 5 heteroatoms. The Labute approximate surface area is 225 Å². The Hall–Kier alpha value is -2.21. The first-order valence-electron chi connectivity index (χ1n) is 14.5. The van der Waals surface area contributed by atoms with Crippen molar-refractivity contribution >= 4 is 5.91 Å². The van der Waals surface area contributed by atoms with Gasteiger partial charge in [-0.05, 0) is 99.1 Å². The van der Waals surface area contributed by atoms with E-state index in [1.54, 1.807) is 7.05 Å². The lowest BCUT2D eigenvalue weighted by Gasteiger charge is -2.27. The zero-order valence-corrected chi connectivity index (χ0v) is 23.6. The quantitative estimate of drug-likeness (QED) is 0.348. The number of hydrogen-bond acceptors (Lipinski definition) is 4. The third kappa shape index (κ3) is 10.6. The van der Waals surface area contributed by atoms with Crippen LogP contribution in [0.5, 0.6) is 0 Å². The van der Waals surface area contributed by atoms with E-state index in [0.717, 1.165) is 43.1 Å². The van der Waals surface area contributed by atoms with Crippen LogP contribution in [0.4, 0.5) is 0 Å². The number of benzene rings is 2. The van der Waals surface area contributed by atoms with Gasteiger partial charge in [0.15, 0.2) is 0 Å². The second-order valence-electron chi connectivity index (χ2n) is 11.3. The molecule has 5 nitrogen and oxygen atoms in total. The summed E-state index contributed by atoms with van der Waals surface area (Å²) < 4.78 is 0. The molecule has 2 aliphatic rings. The lowest BCUT2D eigenvalue weighted by atomic mass is 9.87. The molecule has 204 valence electrons. The van der Waals surface area contributed by atoms with Gasteiger partial charge in [-0.2, -0.15) is 0 Å². The molecule has 0 aromatic heterocycles. The molecule has 2 aliphatic carbocycles. The van der Waals surface area contributed by atoms with Crippen LogP contribution in [-0.4, -0.2) is 32.1 Å². The molecule has 0 radical (unpaired) electrons. The van der Waals surface area contributed by atoms with E-state index < -0.39 is 0 Å². The van der Waals surface area contributed by atoms with Crippen LogP contribution in [0.3, 0.4) is 0 Å². The number of hydrogen-bond donors (Lipinski definition) is 4. The van der Waals surface area contributed by atoms with Crippen molar-refractivity contribution in [1.29, 1.82) is 0 Å². The highest BCUT2D eigenvalue weighted by atomic mass is 16.1. The van der Waals surface area contributed by atoms with Crippen LogP contribution in [0.15, 0.2) is 48.5 Å². The predicted molar refractivity (Wildman–Crippen MR) is 156 cm³/mol. The van der Waals surface area contributed by atoms with E-state index in [4.69, 9.17) is 0 Å². The molecule has 37 heavy (non-hydrogen) atoms. The third-order valence-electron chi connectivity index (χ3n) is 8.07. The van der Waals surface area contributed by atoms with Gasteiger partial charge in [-0.3, -0.25) is 4.79 Å². The molecule has 0 atom stereocenters. The zero-order valence-electron chi connectivity index (χ0n) is 23.6. The summed E-state index contributed by atoms with van der Waals surface area (Å²) in [6.07, 6.45) is 10.7. The molecule has 0 bridgehead atoms. The molecule has 2 saturated carbocycles. The van der Waals surface area contributed by atoms with Crippen LogP contribution >= 0.6 is 0 Å². The Morgan fingerprint density at radius 3 is 1.38 bits per heavy atom. The standard InChI is InChI=1S/C16H24N2O.C16H26N2/c1-12-3-9-15(10-4-12)18-11-13-5-7-14(8-6-13)16(19)17-2;1-13-3-9-16(10-4-13)18-12-15-7-5-14(6-8-15)11-17-2/h5-8,12,15,18H,3-4,9-11H2,1-2H3,(H,17,19);5-8,13,16-18H,3-4,9-12H2,1-2H3. The van der Waals surface area contributed by atoms with Crippen molar-refractivity contribution in [2.24, 2.45) is 11.8 Å². The van der Waals surface area contributed by atoms with Crippen LogP contribution in [0.2, 0.25) is 0 Å². The molecule has 2 aromatic carbocycles. The Morgan fingerprint density at radius 1 is 0.622 bits per heavy atom. The molecule has 2 fully saturated rings.